The lowest BCUT2D eigenvalue weighted by molar-refractivity contribution is 0.512. The van der Waals surface area contributed by atoms with E-state index < -0.39 is 0 Å². The van der Waals surface area contributed by atoms with Gasteiger partial charge in [0, 0.05) is 12.0 Å². The monoisotopic (exact) mass is 296 g/mol. The first-order valence-electron chi connectivity index (χ1n) is 7.53. The van der Waals surface area contributed by atoms with Crippen molar-refractivity contribution >= 4 is 22.4 Å². The van der Waals surface area contributed by atoms with E-state index in [-0.39, 0.29) is 5.38 Å². The number of aryl methyl sites for hydroxylation is 3. The topological polar surface area (TPSA) is 13.1 Å². The molecule has 0 saturated heterocycles. The first-order valence-corrected chi connectivity index (χ1v) is 7.97. The molecular weight excluding hydrogens is 280 g/mol. The van der Waals surface area contributed by atoms with Gasteiger partial charge in [-0.3, -0.25) is 0 Å². The molecule has 0 aliphatic heterocycles. The van der Waals surface area contributed by atoms with Gasteiger partial charge >= 0.3 is 0 Å². The molecule has 2 aromatic carbocycles. The normalized spacial score (nSPS) is 14.8. The molecule has 1 aliphatic rings. The molecule has 1 unspecified atom stereocenters. The van der Waals surface area contributed by atoms with Crippen molar-refractivity contribution in [1.82, 2.24) is 0 Å². The SMILES string of the molecule is CCc1occc1C(Cl)c1ccc2c3c(cccc13)CC2. The van der Waals surface area contributed by atoms with Crippen LogP contribution < -0.4 is 0 Å². The van der Waals surface area contributed by atoms with Gasteiger partial charge in [-0.15, -0.1) is 11.6 Å². The third-order valence-corrected chi connectivity index (χ3v) is 5.03. The van der Waals surface area contributed by atoms with Gasteiger partial charge < -0.3 is 4.42 Å². The van der Waals surface area contributed by atoms with Crippen molar-refractivity contribution in [3.8, 4) is 0 Å². The lowest BCUT2D eigenvalue weighted by Crippen LogP contribution is -1.97. The molecule has 0 saturated carbocycles. The molecule has 0 radical (unpaired) electrons. The Morgan fingerprint density at radius 2 is 1.86 bits per heavy atom. The van der Waals surface area contributed by atoms with E-state index in [1.807, 2.05) is 6.07 Å². The Labute approximate surface area is 129 Å². The number of hydrogen-bond acceptors (Lipinski definition) is 1. The predicted octanol–water partition coefficient (Wildman–Crippen LogP) is 5.42. The van der Waals surface area contributed by atoms with E-state index in [1.54, 1.807) is 6.26 Å². The highest BCUT2D eigenvalue weighted by Gasteiger charge is 2.22. The summed E-state index contributed by atoms with van der Waals surface area (Å²) in [5, 5.41) is 2.57. The van der Waals surface area contributed by atoms with Gasteiger partial charge in [0.25, 0.3) is 0 Å². The van der Waals surface area contributed by atoms with Crippen LogP contribution in [0.15, 0.2) is 47.1 Å². The molecule has 106 valence electrons. The summed E-state index contributed by atoms with van der Waals surface area (Å²) in [6, 6.07) is 13.0. The molecule has 2 heteroatoms. The Morgan fingerprint density at radius 3 is 2.67 bits per heavy atom. The van der Waals surface area contributed by atoms with Crippen LogP contribution in [0.1, 0.15) is 40.3 Å². The molecule has 0 N–H and O–H groups in total. The van der Waals surface area contributed by atoms with Crippen LogP contribution in [0.3, 0.4) is 0 Å². The zero-order valence-electron chi connectivity index (χ0n) is 12.0. The van der Waals surface area contributed by atoms with Gasteiger partial charge in [-0.05, 0) is 46.4 Å². The number of benzene rings is 2. The minimum Gasteiger partial charge on any atom is -0.469 e. The quantitative estimate of drug-likeness (QED) is 0.588. The van der Waals surface area contributed by atoms with E-state index in [9.17, 15) is 0 Å². The van der Waals surface area contributed by atoms with Crippen LogP contribution in [-0.2, 0) is 19.3 Å². The molecule has 21 heavy (non-hydrogen) atoms. The van der Waals surface area contributed by atoms with Gasteiger partial charge in [-0.25, -0.2) is 0 Å². The van der Waals surface area contributed by atoms with Gasteiger partial charge in [-0.1, -0.05) is 37.3 Å². The minimum atomic E-state index is -0.149. The van der Waals surface area contributed by atoms with Gasteiger partial charge in [0.1, 0.15) is 5.76 Å². The van der Waals surface area contributed by atoms with Crippen molar-refractivity contribution in [2.45, 2.75) is 31.6 Å². The predicted molar refractivity (Wildman–Crippen MR) is 87.1 cm³/mol. The summed E-state index contributed by atoms with van der Waals surface area (Å²) in [6.45, 7) is 2.10. The molecule has 1 nitrogen and oxygen atoms in total. The Morgan fingerprint density at radius 1 is 1.05 bits per heavy atom. The van der Waals surface area contributed by atoms with Crippen LogP contribution in [0.25, 0.3) is 10.8 Å². The Kier molecular flexibility index (Phi) is 3.04. The standard InChI is InChI=1S/C19H17ClO/c1-2-17-16(10-11-21-17)19(20)15-9-8-13-7-6-12-4-3-5-14(15)18(12)13/h3-5,8-11,19H,2,6-7H2,1H3. The number of rotatable bonds is 3. The largest absolute Gasteiger partial charge is 0.469 e. The van der Waals surface area contributed by atoms with Crippen molar-refractivity contribution in [2.24, 2.45) is 0 Å². The summed E-state index contributed by atoms with van der Waals surface area (Å²) in [7, 11) is 0. The summed E-state index contributed by atoms with van der Waals surface area (Å²) in [6.07, 6.45) is 4.90. The smallest absolute Gasteiger partial charge is 0.108 e. The van der Waals surface area contributed by atoms with Gasteiger partial charge in [0.2, 0.25) is 0 Å². The third-order valence-electron chi connectivity index (χ3n) is 4.56. The first kappa shape index (κ1) is 13.0. The molecule has 3 aromatic rings. The number of alkyl halides is 1. The van der Waals surface area contributed by atoms with E-state index in [0.717, 1.165) is 30.6 Å². The summed E-state index contributed by atoms with van der Waals surface area (Å²) in [4.78, 5) is 0. The molecule has 4 rings (SSSR count). The average Bonchev–Trinajstić information content (AvgIpc) is 3.15. The van der Waals surface area contributed by atoms with E-state index in [2.05, 4.69) is 37.3 Å². The Bertz CT molecular complexity index is 805. The molecule has 0 fully saturated rings. The zero-order valence-corrected chi connectivity index (χ0v) is 12.8. The maximum absolute atomic E-state index is 6.80. The summed E-state index contributed by atoms with van der Waals surface area (Å²) >= 11 is 6.80. The fourth-order valence-corrected chi connectivity index (χ4v) is 3.91. The second-order valence-electron chi connectivity index (χ2n) is 5.67. The molecular formula is C19H17ClO. The summed E-state index contributed by atoms with van der Waals surface area (Å²) in [5.41, 5.74) is 5.19. The van der Waals surface area contributed by atoms with E-state index in [4.69, 9.17) is 16.0 Å². The van der Waals surface area contributed by atoms with Crippen molar-refractivity contribution in [3.05, 3.63) is 70.7 Å². The van der Waals surface area contributed by atoms with Crippen molar-refractivity contribution < 1.29 is 4.42 Å². The highest BCUT2D eigenvalue weighted by atomic mass is 35.5. The maximum atomic E-state index is 6.80. The fraction of sp³-hybridized carbons (Fsp3) is 0.263. The maximum Gasteiger partial charge on any atom is 0.108 e. The van der Waals surface area contributed by atoms with Crippen LogP contribution >= 0.6 is 11.6 Å². The van der Waals surface area contributed by atoms with Crippen LogP contribution in [0.2, 0.25) is 0 Å². The van der Waals surface area contributed by atoms with Gasteiger partial charge in [0.15, 0.2) is 0 Å². The Balaban J connectivity index is 1.92. The summed E-state index contributed by atoms with van der Waals surface area (Å²) in [5.74, 6) is 0.984. The fourth-order valence-electron chi connectivity index (χ4n) is 3.52. The Hall–Kier alpha value is -1.73. The molecule has 1 heterocycles. The summed E-state index contributed by atoms with van der Waals surface area (Å²) < 4.78 is 5.54. The van der Waals surface area contributed by atoms with Crippen LogP contribution in [-0.4, -0.2) is 0 Å². The van der Waals surface area contributed by atoms with Crippen molar-refractivity contribution in [3.63, 3.8) is 0 Å². The molecule has 0 bridgehead atoms. The minimum absolute atomic E-state index is 0.149. The van der Waals surface area contributed by atoms with Crippen LogP contribution in [0.4, 0.5) is 0 Å². The molecule has 0 spiro atoms. The lowest BCUT2D eigenvalue weighted by atomic mass is 9.95. The van der Waals surface area contributed by atoms with Crippen LogP contribution in [0.5, 0.6) is 0 Å². The van der Waals surface area contributed by atoms with E-state index in [1.165, 1.54) is 27.5 Å². The second-order valence-corrected chi connectivity index (χ2v) is 6.11. The third kappa shape index (κ3) is 1.91. The highest BCUT2D eigenvalue weighted by molar-refractivity contribution is 6.23. The number of halogens is 1. The molecule has 0 amide bonds. The second kappa shape index (κ2) is 4.92. The molecule has 1 aliphatic carbocycles. The average molecular weight is 297 g/mol. The number of furan rings is 1. The van der Waals surface area contributed by atoms with E-state index in [0.29, 0.717) is 0 Å². The first-order chi connectivity index (χ1) is 10.3. The van der Waals surface area contributed by atoms with Gasteiger partial charge in [0.05, 0.1) is 11.6 Å². The van der Waals surface area contributed by atoms with Gasteiger partial charge in [-0.2, -0.15) is 0 Å². The van der Waals surface area contributed by atoms with Crippen molar-refractivity contribution in [1.29, 1.82) is 0 Å². The lowest BCUT2D eigenvalue weighted by Gasteiger charge is -2.14. The van der Waals surface area contributed by atoms with E-state index >= 15 is 0 Å². The highest BCUT2D eigenvalue weighted by Crippen LogP contribution is 2.40. The molecule has 1 atom stereocenters. The number of hydrogen-bond donors (Lipinski definition) is 0. The van der Waals surface area contributed by atoms with Crippen LogP contribution in [0, 0.1) is 0 Å². The molecule has 1 aromatic heterocycles. The van der Waals surface area contributed by atoms with Crippen molar-refractivity contribution in [2.75, 3.05) is 0 Å². The zero-order chi connectivity index (χ0) is 14.4.